The second kappa shape index (κ2) is 9.36. The molecule has 0 aliphatic heterocycles. The van der Waals surface area contributed by atoms with Gasteiger partial charge in [-0.05, 0) is 31.1 Å². The van der Waals surface area contributed by atoms with Gasteiger partial charge in [-0.25, -0.2) is 0 Å². The molecule has 17 heavy (non-hydrogen) atoms. The van der Waals surface area contributed by atoms with Crippen molar-refractivity contribution in [3.63, 3.8) is 0 Å². The number of halogens is 1. The van der Waals surface area contributed by atoms with Crippen molar-refractivity contribution in [1.29, 1.82) is 0 Å². The Balaban J connectivity index is 1.99. The summed E-state index contributed by atoms with van der Waals surface area (Å²) in [6, 6.07) is 1.94. The highest BCUT2D eigenvalue weighted by Crippen LogP contribution is 2.12. The third-order valence-corrected chi connectivity index (χ3v) is 2.70. The fraction of sp³-hybridized carbons (Fsp3) is 0.583. The van der Waals surface area contributed by atoms with E-state index in [2.05, 4.69) is 15.6 Å². The van der Waals surface area contributed by atoms with Gasteiger partial charge in [0.25, 0.3) is 0 Å². The van der Waals surface area contributed by atoms with Crippen LogP contribution in [-0.2, 0) is 11.3 Å². The zero-order chi connectivity index (χ0) is 12.3. The van der Waals surface area contributed by atoms with Crippen LogP contribution in [0.4, 0.5) is 0 Å². The summed E-state index contributed by atoms with van der Waals surface area (Å²) in [6.07, 6.45) is 4.52. The van der Waals surface area contributed by atoms with Crippen molar-refractivity contribution < 1.29 is 4.74 Å². The predicted octanol–water partition coefficient (Wildman–Crippen LogP) is 1.45. The van der Waals surface area contributed by atoms with E-state index in [1.165, 1.54) is 0 Å². The molecule has 0 aliphatic rings. The summed E-state index contributed by atoms with van der Waals surface area (Å²) in [4.78, 5) is 3.95. The lowest BCUT2D eigenvalue weighted by Gasteiger charge is -2.07. The van der Waals surface area contributed by atoms with Gasteiger partial charge in [-0.1, -0.05) is 11.6 Å². The average molecular weight is 258 g/mol. The lowest BCUT2D eigenvalue weighted by molar-refractivity contribution is 0.199. The van der Waals surface area contributed by atoms with Crippen molar-refractivity contribution in [3.8, 4) is 0 Å². The Bertz CT molecular complexity index is 310. The van der Waals surface area contributed by atoms with Crippen molar-refractivity contribution in [2.45, 2.75) is 13.0 Å². The highest BCUT2D eigenvalue weighted by molar-refractivity contribution is 6.31. The molecule has 0 spiro atoms. The Hall–Kier alpha value is -0.680. The molecule has 0 saturated heterocycles. The lowest BCUT2D eigenvalue weighted by Crippen LogP contribution is -2.24. The fourth-order valence-electron chi connectivity index (χ4n) is 1.41. The Kier molecular flexibility index (Phi) is 7.92. The minimum absolute atomic E-state index is 0.721. The minimum Gasteiger partial charge on any atom is -0.383 e. The van der Waals surface area contributed by atoms with E-state index in [1.54, 1.807) is 19.5 Å². The smallest absolute Gasteiger partial charge is 0.0634 e. The Morgan fingerprint density at radius 3 is 2.88 bits per heavy atom. The average Bonchev–Trinajstić information content (AvgIpc) is 2.35. The van der Waals surface area contributed by atoms with Gasteiger partial charge in [-0.15, -0.1) is 0 Å². The molecular formula is C12H20ClN3O. The Morgan fingerprint density at radius 1 is 1.29 bits per heavy atom. The zero-order valence-electron chi connectivity index (χ0n) is 10.2. The van der Waals surface area contributed by atoms with Crippen LogP contribution in [0.3, 0.4) is 0 Å². The molecule has 0 fully saturated rings. The van der Waals surface area contributed by atoms with Crippen molar-refractivity contribution in [1.82, 2.24) is 15.6 Å². The minimum atomic E-state index is 0.721. The molecule has 0 radical (unpaired) electrons. The number of nitrogens with one attached hydrogen (secondary N) is 2. The number of pyridine rings is 1. The van der Waals surface area contributed by atoms with E-state index >= 15 is 0 Å². The zero-order valence-corrected chi connectivity index (χ0v) is 11.0. The third-order valence-electron chi connectivity index (χ3n) is 2.36. The van der Waals surface area contributed by atoms with Gasteiger partial charge in [0.05, 0.1) is 11.6 Å². The molecule has 0 aromatic carbocycles. The van der Waals surface area contributed by atoms with Gasteiger partial charge in [0.1, 0.15) is 0 Å². The molecule has 1 rings (SSSR count). The van der Waals surface area contributed by atoms with Gasteiger partial charge < -0.3 is 15.4 Å². The molecule has 0 unspecified atom stereocenters. The molecule has 96 valence electrons. The van der Waals surface area contributed by atoms with E-state index in [0.717, 1.165) is 49.8 Å². The summed E-state index contributed by atoms with van der Waals surface area (Å²) >= 11 is 5.99. The normalized spacial score (nSPS) is 10.7. The number of methoxy groups -OCH3 is 1. The monoisotopic (exact) mass is 257 g/mol. The maximum atomic E-state index is 5.99. The second-order valence-corrected chi connectivity index (χ2v) is 4.15. The van der Waals surface area contributed by atoms with Crippen molar-refractivity contribution >= 4 is 11.6 Å². The molecule has 1 heterocycles. The van der Waals surface area contributed by atoms with Crippen LogP contribution >= 0.6 is 11.6 Å². The largest absolute Gasteiger partial charge is 0.383 e. The molecule has 0 amide bonds. The topological polar surface area (TPSA) is 46.2 Å². The first-order valence-corrected chi connectivity index (χ1v) is 6.21. The van der Waals surface area contributed by atoms with Gasteiger partial charge in [0.2, 0.25) is 0 Å². The molecular weight excluding hydrogens is 238 g/mol. The maximum absolute atomic E-state index is 5.99. The van der Waals surface area contributed by atoms with E-state index in [0.29, 0.717) is 0 Å². The molecule has 1 aromatic rings. The predicted molar refractivity (Wildman–Crippen MR) is 70.3 cm³/mol. The fourth-order valence-corrected chi connectivity index (χ4v) is 1.59. The number of hydrogen-bond donors (Lipinski definition) is 2. The number of aromatic nitrogens is 1. The number of hydrogen-bond acceptors (Lipinski definition) is 4. The number of nitrogens with zero attached hydrogens (tertiary/aromatic N) is 1. The van der Waals surface area contributed by atoms with Gasteiger partial charge >= 0.3 is 0 Å². The molecule has 4 nitrogen and oxygen atoms in total. The highest BCUT2D eigenvalue weighted by Gasteiger charge is 1.98. The Labute approximate surface area is 108 Å². The van der Waals surface area contributed by atoms with Crippen molar-refractivity contribution in [3.05, 3.63) is 29.0 Å². The molecule has 0 aliphatic carbocycles. The van der Waals surface area contributed by atoms with E-state index < -0.39 is 0 Å². The molecule has 1 aromatic heterocycles. The van der Waals surface area contributed by atoms with Gasteiger partial charge in [0, 0.05) is 32.6 Å². The summed E-state index contributed by atoms with van der Waals surface area (Å²) in [7, 11) is 1.71. The standard InChI is InChI=1S/C12H20ClN3O/c1-17-8-7-14-4-2-5-15-9-11-3-6-16-10-12(11)13/h3,6,10,14-15H,2,4-5,7-9H2,1H3. The van der Waals surface area contributed by atoms with Crippen LogP contribution in [0.5, 0.6) is 0 Å². The van der Waals surface area contributed by atoms with Gasteiger partial charge in [-0.2, -0.15) is 0 Å². The SMILES string of the molecule is COCCNCCCNCc1ccncc1Cl. The lowest BCUT2D eigenvalue weighted by atomic mass is 10.2. The van der Waals surface area contributed by atoms with Crippen LogP contribution in [0.2, 0.25) is 5.02 Å². The van der Waals surface area contributed by atoms with Crippen LogP contribution in [0.15, 0.2) is 18.5 Å². The van der Waals surface area contributed by atoms with Crippen LogP contribution in [0, 0.1) is 0 Å². The van der Waals surface area contributed by atoms with E-state index in [-0.39, 0.29) is 0 Å². The summed E-state index contributed by atoms with van der Waals surface area (Å²) in [6.45, 7) is 4.44. The second-order valence-electron chi connectivity index (χ2n) is 3.74. The van der Waals surface area contributed by atoms with Crippen LogP contribution in [0.25, 0.3) is 0 Å². The maximum Gasteiger partial charge on any atom is 0.0634 e. The van der Waals surface area contributed by atoms with Crippen LogP contribution in [-0.4, -0.2) is 38.3 Å². The van der Waals surface area contributed by atoms with Gasteiger partial charge in [0.15, 0.2) is 0 Å². The highest BCUT2D eigenvalue weighted by atomic mass is 35.5. The Morgan fingerprint density at radius 2 is 2.12 bits per heavy atom. The van der Waals surface area contributed by atoms with Crippen molar-refractivity contribution in [2.24, 2.45) is 0 Å². The molecule has 0 atom stereocenters. The van der Waals surface area contributed by atoms with Crippen molar-refractivity contribution in [2.75, 3.05) is 33.4 Å². The van der Waals surface area contributed by atoms with E-state index in [9.17, 15) is 0 Å². The van der Waals surface area contributed by atoms with Crippen LogP contribution < -0.4 is 10.6 Å². The summed E-state index contributed by atoms with van der Waals surface area (Å²) in [5, 5.41) is 7.37. The first-order chi connectivity index (χ1) is 8.34. The summed E-state index contributed by atoms with van der Waals surface area (Å²) in [5.41, 5.74) is 1.09. The van der Waals surface area contributed by atoms with E-state index in [4.69, 9.17) is 16.3 Å². The van der Waals surface area contributed by atoms with Gasteiger partial charge in [-0.3, -0.25) is 4.98 Å². The van der Waals surface area contributed by atoms with Crippen LogP contribution in [0.1, 0.15) is 12.0 Å². The molecule has 2 N–H and O–H groups in total. The quantitative estimate of drug-likeness (QED) is 0.658. The van der Waals surface area contributed by atoms with E-state index in [1.807, 2.05) is 6.07 Å². The molecule has 5 heteroatoms. The first kappa shape index (κ1) is 14.4. The first-order valence-electron chi connectivity index (χ1n) is 5.83. The summed E-state index contributed by atoms with van der Waals surface area (Å²) in [5.74, 6) is 0. The summed E-state index contributed by atoms with van der Waals surface area (Å²) < 4.78 is 4.94. The molecule has 0 bridgehead atoms. The molecule has 0 saturated carbocycles. The third kappa shape index (κ3) is 6.58. The number of ether oxygens (including phenoxy) is 1. The number of rotatable bonds is 9.